The van der Waals surface area contributed by atoms with Gasteiger partial charge < -0.3 is 15.4 Å². The smallest absolute Gasteiger partial charge is 0.191 e. The van der Waals surface area contributed by atoms with Gasteiger partial charge >= 0.3 is 0 Å². The van der Waals surface area contributed by atoms with Gasteiger partial charge in [0, 0.05) is 32.5 Å². The molecule has 0 fully saturated rings. The van der Waals surface area contributed by atoms with E-state index in [0.717, 1.165) is 37.8 Å². The second-order valence-corrected chi connectivity index (χ2v) is 4.76. The fraction of sp³-hybridized carbons (Fsp3) is 0.375. The van der Waals surface area contributed by atoms with Crippen molar-refractivity contribution in [3.8, 4) is 5.75 Å². The summed E-state index contributed by atoms with van der Waals surface area (Å²) in [4.78, 5) is 4.21. The molecule has 0 bridgehead atoms. The van der Waals surface area contributed by atoms with Crippen LogP contribution in [-0.4, -0.2) is 43.0 Å². The lowest BCUT2D eigenvalue weighted by Gasteiger charge is -2.13. The van der Waals surface area contributed by atoms with Crippen molar-refractivity contribution in [1.82, 2.24) is 20.4 Å². The van der Waals surface area contributed by atoms with Gasteiger partial charge in [-0.3, -0.25) is 9.67 Å². The van der Waals surface area contributed by atoms with E-state index in [1.807, 2.05) is 35.1 Å². The van der Waals surface area contributed by atoms with E-state index in [1.165, 1.54) is 5.56 Å². The summed E-state index contributed by atoms with van der Waals surface area (Å²) in [5.41, 5.74) is 1.18. The zero-order valence-electron chi connectivity index (χ0n) is 13.1. The lowest BCUT2D eigenvalue weighted by molar-refractivity contribution is 0.409. The Bertz CT molecular complexity index is 580. The van der Waals surface area contributed by atoms with Gasteiger partial charge in [0.2, 0.25) is 0 Å². The fourth-order valence-electron chi connectivity index (χ4n) is 2.17. The average Bonchev–Trinajstić information content (AvgIpc) is 3.07. The number of para-hydroxylation sites is 1. The van der Waals surface area contributed by atoms with Crippen LogP contribution < -0.4 is 15.4 Å². The highest BCUT2D eigenvalue weighted by Gasteiger charge is 2.02. The van der Waals surface area contributed by atoms with E-state index in [0.29, 0.717) is 0 Å². The van der Waals surface area contributed by atoms with Crippen molar-refractivity contribution >= 4 is 5.96 Å². The van der Waals surface area contributed by atoms with Gasteiger partial charge in [-0.05, 0) is 24.1 Å². The van der Waals surface area contributed by atoms with Crippen LogP contribution in [0.4, 0.5) is 0 Å². The van der Waals surface area contributed by atoms with E-state index in [-0.39, 0.29) is 0 Å². The Morgan fingerprint density at radius 3 is 2.77 bits per heavy atom. The van der Waals surface area contributed by atoms with Gasteiger partial charge in [-0.15, -0.1) is 0 Å². The Balaban J connectivity index is 1.72. The summed E-state index contributed by atoms with van der Waals surface area (Å²) in [6.45, 7) is 2.37. The minimum absolute atomic E-state index is 0.774. The minimum Gasteiger partial charge on any atom is -0.496 e. The SMILES string of the molecule is CN=C(NCCc1ccccc1OC)NCCn1cccn1. The summed E-state index contributed by atoms with van der Waals surface area (Å²) in [6, 6.07) is 9.97. The third-order valence-corrected chi connectivity index (χ3v) is 3.30. The van der Waals surface area contributed by atoms with Crippen LogP contribution in [0.1, 0.15) is 5.56 Å². The lowest BCUT2D eigenvalue weighted by atomic mass is 10.1. The van der Waals surface area contributed by atoms with E-state index >= 15 is 0 Å². The topological polar surface area (TPSA) is 63.5 Å². The van der Waals surface area contributed by atoms with Gasteiger partial charge in [0.1, 0.15) is 5.75 Å². The summed E-state index contributed by atoms with van der Waals surface area (Å²) in [7, 11) is 3.47. The molecule has 22 heavy (non-hydrogen) atoms. The average molecular weight is 301 g/mol. The normalized spacial score (nSPS) is 11.3. The highest BCUT2D eigenvalue weighted by atomic mass is 16.5. The summed E-state index contributed by atoms with van der Waals surface area (Å²) < 4.78 is 7.24. The first-order valence-corrected chi connectivity index (χ1v) is 7.37. The molecule has 0 aliphatic rings. The van der Waals surface area contributed by atoms with Crippen LogP contribution in [0.25, 0.3) is 0 Å². The second-order valence-electron chi connectivity index (χ2n) is 4.76. The van der Waals surface area contributed by atoms with Crippen LogP contribution in [-0.2, 0) is 13.0 Å². The van der Waals surface area contributed by atoms with Crippen LogP contribution >= 0.6 is 0 Å². The molecule has 118 valence electrons. The quantitative estimate of drug-likeness (QED) is 0.598. The number of hydrogen-bond donors (Lipinski definition) is 2. The van der Waals surface area contributed by atoms with Crippen LogP contribution in [0.2, 0.25) is 0 Å². The fourth-order valence-corrected chi connectivity index (χ4v) is 2.17. The molecule has 6 nitrogen and oxygen atoms in total. The molecule has 6 heteroatoms. The number of nitrogens with zero attached hydrogens (tertiary/aromatic N) is 3. The summed E-state index contributed by atoms with van der Waals surface area (Å²) in [5.74, 6) is 1.72. The third-order valence-electron chi connectivity index (χ3n) is 3.30. The molecule has 0 radical (unpaired) electrons. The van der Waals surface area contributed by atoms with Crippen molar-refractivity contribution in [2.24, 2.45) is 4.99 Å². The molecule has 2 rings (SSSR count). The number of benzene rings is 1. The van der Waals surface area contributed by atoms with Crippen LogP contribution in [0.15, 0.2) is 47.7 Å². The molecule has 1 aromatic carbocycles. The lowest BCUT2D eigenvalue weighted by Crippen LogP contribution is -2.39. The molecule has 2 aromatic rings. The van der Waals surface area contributed by atoms with Gasteiger partial charge in [-0.25, -0.2) is 0 Å². The van der Waals surface area contributed by atoms with E-state index in [2.05, 4.69) is 26.8 Å². The Morgan fingerprint density at radius 1 is 1.23 bits per heavy atom. The van der Waals surface area contributed by atoms with Gasteiger partial charge in [-0.2, -0.15) is 5.10 Å². The number of guanidine groups is 1. The van der Waals surface area contributed by atoms with Gasteiger partial charge in [0.25, 0.3) is 0 Å². The molecule has 0 amide bonds. The minimum atomic E-state index is 0.774. The Kier molecular flexibility index (Phi) is 6.29. The summed E-state index contributed by atoms with van der Waals surface area (Å²) in [5, 5.41) is 10.7. The third kappa shape index (κ3) is 4.80. The number of nitrogens with one attached hydrogen (secondary N) is 2. The Hall–Kier alpha value is -2.50. The highest BCUT2D eigenvalue weighted by molar-refractivity contribution is 5.79. The predicted octanol–water partition coefficient (Wildman–Crippen LogP) is 1.30. The zero-order chi connectivity index (χ0) is 15.6. The Morgan fingerprint density at radius 2 is 2.05 bits per heavy atom. The molecule has 0 aliphatic carbocycles. The molecule has 0 aliphatic heterocycles. The molecule has 0 saturated carbocycles. The van der Waals surface area contributed by atoms with E-state index in [9.17, 15) is 0 Å². The van der Waals surface area contributed by atoms with Crippen molar-refractivity contribution in [2.75, 3.05) is 27.2 Å². The number of methoxy groups -OCH3 is 1. The molecule has 0 atom stereocenters. The number of ether oxygens (including phenoxy) is 1. The van der Waals surface area contributed by atoms with E-state index < -0.39 is 0 Å². The summed E-state index contributed by atoms with van der Waals surface area (Å²) >= 11 is 0. The number of rotatable bonds is 7. The van der Waals surface area contributed by atoms with Gasteiger partial charge in [-0.1, -0.05) is 18.2 Å². The standard InChI is InChI=1S/C16H23N5O/c1-17-16(19-11-13-21-12-5-9-20-21)18-10-8-14-6-3-4-7-15(14)22-2/h3-7,9,12H,8,10-11,13H2,1-2H3,(H2,17,18,19). The molecule has 0 spiro atoms. The van der Waals surface area contributed by atoms with Crippen LogP contribution in [0, 0.1) is 0 Å². The van der Waals surface area contributed by atoms with Gasteiger partial charge in [0.05, 0.1) is 13.7 Å². The van der Waals surface area contributed by atoms with Crippen LogP contribution in [0.5, 0.6) is 5.75 Å². The van der Waals surface area contributed by atoms with Crippen molar-refractivity contribution in [2.45, 2.75) is 13.0 Å². The number of hydrogen-bond acceptors (Lipinski definition) is 3. The maximum Gasteiger partial charge on any atom is 0.191 e. The molecule has 0 unspecified atom stereocenters. The molecule has 1 aromatic heterocycles. The van der Waals surface area contributed by atoms with Crippen molar-refractivity contribution in [1.29, 1.82) is 0 Å². The summed E-state index contributed by atoms with van der Waals surface area (Å²) in [6.07, 6.45) is 4.60. The van der Waals surface area contributed by atoms with Crippen molar-refractivity contribution < 1.29 is 4.74 Å². The maximum absolute atomic E-state index is 5.35. The maximum atomic E-state index is 5.35. The van der Waals surface area contributed by atoms with Crippen LogP contribution in [0.3, 0.4) is 0 Å². The predicted molar refractivity (Wildman–Crippen MR) is 88.3 cm³/mol. The van der Waals surface area contributed by atoms with Gasteiger partial charge in [0.15, 0.2) is 5.96 Å². The molecular weight excluding hydrogens is 278 g/mol. The molecule has 2 N–H and O–H groups in total. The first kappa shape index (κ1) is 15.9. The zero-order valence-corrected chi connectivity index (χ0v) is 13.1. The largest absolute Gasteiger partial charge is 0.496 e. The van der Waals surface area contributed by atoms with E-state index in [4.69, 9.17) is 4.74 Å². The molecular formula is C16H23N5O. The van der Waals surface area contributed by atoms with E-state index in [1.54, 1.807) is 20.4 Å². The monoisotopic (exact) mass is 301 g/mol. The first-order valence-electron chi connectivity index (χ1n) is 7.37. The Labute approximate surface area is 131 Å². The van der Waals surface area contributed by atoms with Crippen molar-refractivity contribution in [3.63, 3.8) is 0 Å². The number of aliphatic imine (C=N–C) groups is 1. The number of aromatic nitrogens is 2. The highest BCUT2D eigenvalue weighted by Crippen LogP contribution is 2.17. The molecule has 0 saturated heterocycles. The molecule has 1 heterocycles. The van der Waals surface area contributed by atoms with Crippen molar-refractivity contribution in [3.05, 3.63) is 48.3 Å². The first-order chi connectivity index (χ1) is 10.8. The second kappa shape index (κ2) is 8.71.